The van der Waals surface area contributed by atoms with E-state index in [2.05, 4.69) is 33.3 Å². The number of carbonyl (C=O) groups is 4. The van der Waals surface area contributed by atoms with Gasteiger partial charge in [-0.3, -0.25) is 9.59 Å². The number of carboxylic acid groups (broad SMARTS) is 1. The van der Waals surface area contributed by atoms with E-state index in [1.54, 1.807) is 20.8 Å². The van der Waals surface area contributed by atoms with Gasteiger partial charge in [-0.25, -0.2) is 20.4 Å². The number of thioether (sulfide) groups is 1. The lowest BCUT2D eigenvalue weighted by atomic mass is 9.87. The van der Waals surface area contributed by atoms with Crippen LogP contribution in [0.15, 0.2) is 12.2 Å². The maximum Gasteiger partial charge on any atom is 0.408 e. The highest BCUT2D eigenvalue weighted by Gasteiger charge is 2.61. The molecule has 13 nitrogen and oxygen atoms in total. The number of carboxylic acids is 1. The van der Waals surface area contributed by atoms with Gasteiger partial charge in [0.2, 0.25) is 11.8 Å². The van der Waals surface area contributed by atoms with Crippen LogP contribution in [0.3, 0.4) is 0 Å². The zero-order valence-corrected chi connectivity index (χ0v) is 27.8. The number of nitrogens with zero attached hydrogens (tertiary/aromatic N) is 2. The summed E-state index contributed by atoms with van der Waals surface area (Å²) in [7, 11) is 0. The van der Waals surface area contributed by atoms with E-state index >= 15 is 0 Å². The molecule has 1 unspecified atom stereocenters. The second-order valence-corrected chi connectivity index (χ2v) is 15.4. The van der Waals surface area contributed by atoms with Gasteiger partial charge < -0.3 is 25.4 Å². The Bertz CT molecular complexity index is 1140. The minimum absolute atomic E-state index is 0.0197. The Kier molecular flexibility index (Phi) is 10.7. The van der Waals surface area contributed by atoms with Crippen LogP contribution in [0.5, 0.6) is 0 Å². The van der Waals surface area contributed by atoms with Crippen LogP contribution in [0.1, 0.15) is 91.4 Å². The van der Waals surface area contributed by atoms with E-state index in [0.29, 0.717) is 36.9 Å². The summed E-state index contributed by atoms with van der Waals surface area (Å²) in [6.45, 7) is 5.51. The van der Waals surface area contributed by atoms with E-state index in [4.69, 9.17) is 4.74 Å². The zero-order valence-electron chi connectivity index (χ0n) is 27.0. The predicted molar refractivity (Wildman–Crippen MR) is 170 cm³/mol. The van der Waals surface area contributed by atoms with Crippen molar-refractivity contribution in [2.45, 2.75) is 132 Å². The average molecular weight is 650 g/mol. The molecule has 4 fully saturated rings. The van der Waals surface area contributed by atoms with Crippen molar-refractivity contribution in [1.29, 1.82) is 0 Å². The molecule has 6 N–H and O–H groups in total. The van der Waals surface area contributed by atoms with Gasteiger partial charge in [0, 0.05) is 17.7 Å². The molecule has 0 aromatic rings. The topological polar surface area (TPSA) is 164 Å². The number of amides is 3. The number of aliphatic carboxylic acids is 1. The number of fused-ring (bicyclic) bond motifs is 2. The summed E-state index contributed by atoms with van der Waals surface area (Å²) in [5.41, 5.74) is 8.00. The first-order valence-electron chi connectivity index (χ1n) is 16.5. The van der Waals surface area contributed by atoms with Crippen molar-refractivity contribution < 1.29 is 29.0 Å². The molecule has 2 aliphatic carbocycles. The number of carbonyl (C=O) groups excluding carboxylic acids is 3. The quantitative estimate of drug-likeness (QED) is 0.243. The third-order valence-electron chi connectivity index (χ3n) is 9.84. The Hall–Kier alpha value is -2.39. The summed E-state index contributed by atoms with van der Waals surface area (Å²) < 4.78 is 5.48. The molecule has 252 valence electrons. The lowest BCUT2D eigenvalue weighted by Crippen LogP contribution is -2.56. The molecule has 5 rings (SSSR count). The Labute approximate surface area is 270 Å². The minimum Gasteiger partial charge on any atom is -0.479 e. The normalized spacial score (nSPS) is 37.4. The molecule has 3 heterocycles. The second kappa shape index (κ2) is 14.2. The largest absolute Gasteiger partial charge is 0.479 e. The summed E-state index contributed by atoms with van der Waals surface area (Å²) in [5.74, 6) is -1.78. The molecule has 14 heteroatoms. The van der Waals surface area contributed by atoms with Crippen molar-refractivity contribution in [1.82, 2.24) is 37.0 Å². The lowest BCUT2D eigenvalue weighted by Gasteiger charge is -2.31. The summed E-state index contributed by atoms with van der Waals surface area (Å²) >= 11 is 1.93. The molecule has 2 saturated heterocycles. The predicted octanol–water partition coefficient (Wildman–Crippen LogP) is 2.41. The van der Waals surface area contributed by atoms with Gasteiger partial charge in [-0.1, -0.05) is 25.0 Å². The molecule has 45 heavy (non-hydrogen) atoms. The molecule has 0 aromatic carbocycles. The molecule has 0 spiro atoms. The van der Waals surface area contributed by atoms with E-state index < -0.39 is 41.2 Å². The van der Waals surface area contributed by atoms with E-state index in [0.717, 1.165) is 32.1 Å². The first-order chi connectivity index (χ1) is 21.4. The van der Waals surface area contributed by atoms with Crippen molar-refractivity contribution in [2.24, 2.45) is 11.8 Å². The molecule has 0 radical (unpaired) electrons. The molecule has 2 saturated carbocycles. The van der Waals surface area contributed by atoms with Crippen molar-refractivity contribution in [3.05, 3.63) is 12.2 Å². The highest BCUT2D eigenvalue weighted by molar-refractivity contribution is 7.99. The molecule has 6 atom stereocenters. The van der Waals surface area contributed by atoms with E-state index in [1.165, 1.54) is 17.7 Å². The average Bonchev–Trinajstić information content (AvgIpc) is 3.31. The smallest absolute Gasteiger partial charge is 0.408 e. The van der Waals surface area contributed by atoms with Crippen LogP contribution >= 0.6 is 11.8 Å². The molecule has 5 aliphatic rings. The standard InChI is InChI=1S/C31H51N7O6S/c1-30(2,3)44-29(43)32-23-11-9-7-5-6-8-10-20-17-31(20,28(41)42)33-26(39)24-16-21(18-37(24)27(23)40)38-35-25(34-36-38)19-12-14-22(45-4)15-13-19/h8,10,19-25,34-36H,5-7,9,11-18H2,1-4H3,(H,32,43)(H,33,39)(H,41,42)/b10-8-/t19?,20-,21-,22?,23+,24+,25?,31-/m1/s1. The minimum atomic E-state index is -1.37. The lowest BCUT2D eigenvalue weighted by molar-refractivity contribution is -0.145. The van der Waals surface area contributed by atoms with Crippen molar-refractivity contribution in [3.8, 4) is 0 Å². The van der Waals surface area contributed by atoms with Gasteiger partial charge in [0.15, 0.2) is 0 Å². The van der Waals surface area contributed by atoms with Crippen LogP contribution < -0.4 is 27.0 Å². The first kappa shape index (κ1) is 34.0. The molecule has 0 aromatic heterocycles. The highest BCUT2D eigenvalue weighted by Crippen LogP contribution is 2.45. The summed E-state index contributed by atoms with van der Waals surface area (Å²) in [6.07, 6.45) is 14.2. The fourth-order valence-electron chi connectivity index (χ4n) is 7.15. The van der Waals surface area contributed by atoms with Gasteiger partial charge >= 0.3 is 12.1 Å². The number of hydrogen-bond acceptors (Lipinski definition) is 10. The van der Waals surface area contributed by atoms with Gasteiger partial charge in [0.25, 0.3) is 0 Å². The van der Waals surface area contributed by atoms with Crippen molar-refractivity contribution in [2.75, 3.05) is 12.8 Å². The van der Waals surface area contributed by atoms with Crippen LogP contribution in [-0.2, 0) is 19.1 Å². The first-order valence-corrected chi connectivity index (χ1v) is 17.8. The number of rotatable bonds is 5. The molecule has 3 amide bonds. The maximum absolute atomic E-state index is 14.2. The Balaban J connectivity index is 1.35. The number of hydrazine groups is 3. The van der Waals surface area contributed by atoms with E-state index in [1.807, 2.05) is 29.0 Å². The summed E-state index contributed by atoms with van der Waals surface area (Å²) in [6, 6.07) is -2.06. The van der Waals surface area contributed by atoms with Crippen LogP contribution in [0.2, 0.25) is 0 Å². The van der Waals surface area contributed by atoms with Gasteiger partial charge in [0.05, 0.1) is 12.2 Å². The van der Waals surface area contributed by atoms with E-state index in [9.17, 15) is 24.3 Å². The van der Waals surface area contributed by atoms with Crippen LogP contribution in [0.25, 0.3) is 0 Å². The third kappa shape index (κ3) is 8.13. The number of allylic oxidation sites excluding steroid dienone is 1. The van der Waals surface area contributed by atoms with Crippen LogP contribution in [0, 0.1) is 11.8 Å². The summed E-state index contributed by atoms with van der Waals surface area (Å²) in [4.78, 5) is 54.8. The van der Waals surface area contributed by atoms with Gasteiger partial charge in [-0.2, -0.15) is 22.4 Å². The van der Waals surface area contributed by atoms with Crippen LogP contribution in [-0.4, -0.2) is 92.5 Å². The second-order valence-electron chi connectivity index (χ2n) is 14.2. The molecule has 0 bridgehead atoms. The molecule has 3 aliphatic heterocycles. The van der Waals surface area contributed by atoms with Gasteiger partial charge in [-0.05, 0) is 90.7 Å². The highest BCUT2D eigenvalue weighted by atomic mass is 32.2. The number of ether oxygens (including phenoxy) is 1. The third-order valence-corrected chi connectivity index (χ3v) is 11.0. The Morgan fingerprint density at radius 3 is 2.56 bits per heavy atom. The van der Waals surface area contributed by atoms with Crippen molar-refractivity contribution >= 4 is 35.6 Å². The van der Waals surface area contributed by atoms with Gasteiger partial charge in [0.1, 0.15) is 23.2 Å². The fourth-order valence-corrected chi connectivity index (χ4v) is 7.89. The van der Waals surface area contributed by atoms with Crippen molar-refractivity contribution in [3.63, 3.8) is 0 Å². The number of hydrogen-bond donors (Lipinski definition) is 6. The zero-order chi connectivity index (χ0) is 32.4. The molecular weight excluding hydrogens is 598 g/mol. The Morgan fingerprint density at radius 2 is 1.87 bits per heavy atom. The fraction of sp³-hybridized carbons (Fsp3) is 0.806. The Morgan fingerprint density at radius 1 is 1.11 bits per heavy atom. The van der Waals surface area contributed by atoms with E-state index in [-0.39, 0.29) is 30.6 Å². The molecular formula is C31H51N7O6S. The number of alkyl carbamates (subject to hydrolysis) is 1. The van der Waals surface area contributed by atoms with Gasteiger partial charge in [-0.15, -0.1) is 0 Å². The number of nitrogens with one attached hydrogen (secondary N) is 5. The SMILES string of the molecule is CSC1CCC(C2NNN([C@@H]3C[C@H]4C(=O)N[C@]5(C(=O)O)C[C@H]5/C=C\CCCCC[C@H](NC(=O)OC(C)(C)C)C(=O)N4C3)N2)CC1. The monoisotopic (exact) mass is 649 g/mol. The maximum atomic E-state index is 14.2. The van der Waals surface area contributed by atoms with Crippen LogP contribution in [0.4, 0.5) is 4.79 Å². The summed E-state index contributed by atoms with van der Waals surface area (Å²) in [5, 5.41) is 18.3.